The zero-order chi connectivity index (χ0) is 16.6. The summed E-state index contributed by atoms with van der Waals surface area (Å²) < 4.78 is 4.96. The maximum atomic E-state index is 12.2. The van der Waals surface area contributed by atoms with Crippen LogP contribution in [0.3, 0.4) is 0 Å². The van der Waals surface area contributed by atoms with Crippen molar-refractivity contribution in [1.82, 2.24) is 10.0 Å². The lowest BCUT2D eigenvalue weighted by atomic mass is 10.1. The van der Waals surface area contributed by atoms with Crippen molar-refractivity contribution in [2.75, 3.05) is 7.11 Å². The Hall–Kier alpha value is -2.58. The molecule has 0 radical (unpaired) electrons. The lowest BCUT2D eigenvalue weighted by Gasteiger charge is -2.11. The molecule has 2 aromatic rings. The number of hydroxylamine groups is 2. The molecule has 0 fully saturated rings. The maximum Gasteiger partial charge on any atom is 0.375 e. The minimum atomic E-state index is -0.795. The third-order valence-electron chi connectivity index (χ3n) is 3.23. The van der Waals surface area contributed by atoms with Gasteiger partial charge in [0.2, 0.25) is 0 Å². The molecule has 0 unspecified atom stereocenters. The first-order chi connectivity index (χ1) is 11.0. The van der Waals surface area contributed by atoms with Gasteiger partial charge in [-0.1, -0.05) is 17.2 Å². The summed E-state index contributed by atoms with van der Waals surface area (Å²) in [6.45, 7) is 1.92. The van der Waals surface area contributed by atoms with Crippen molar-refractivity contribution >= 4 is 29.1 Å². The number of benzene rings is 1. The summed E-state index contributed by atoms with van der Waals surface area (Å²) in [6.07, 6.45) is 0. The minimum Gasteiger partial charge on any atom is -0.378 e. The van der Waals surface area contributed by atoms with Crippen LogP contribution < -0.4 is 0 Å². The summed E-state index contributed by atoms with van der Waals surface area (Å²) in [5.41, 5.74) is 0.890. The van der Waals surface area contributed by atoms with E-state index >= 15 is 0 Å². The number of nitrogens with zero attached hydrogens (tertiary/aromatic N) is 2. The smallest absolute Gasteiger partial charge is 0.375 e. The lowest BCUT2D eigenvalue weighted by molar-refractivity contribution is -0.0581. The summed E-state index contributed by atoms with van der Waals surface area (Å²) in [7, 11) is 1.52. The van der Waals surface area contributed by atoms with Crippen LogP contribution >= 0.6 is 11.3 Å². The van der Waals surface area contributed by atoms with Gasteiger partial charge in [0.15, 0.2) is 0 Å². The molecule has 0 atom stereocenters. The molecule has 0 bridgehead atoms. The predicted octanol–water partition coefficient (Wildman–Crippen LogP) is 1.97. The highest BCUT2D eigenvalue weighted by Gasteiger charge is 2.39. The molecule has 3 rings (SSSR count). The standard InChI is InChI=1S/C15H12N2O5S/c1-8-12(23-11(16-8)7-21-2)15(20)22-17-13(18)9-5-3-4-6-10(9)14(17)19/h3-6H,7H2,1-2H3. The molecule has 0 saturated heterocycles. The maximum absolute atomic E-state index is 12.2. The number of rotatable bonds is 4. The molecular weight excluding hydrogens is 320 g/mol. The van der Waals surface area contributed by atoms with Crippen molar-refractivity contribution in [1.29, 1.82) is 0 Å². The van der Waals surface area contributed by atoms with Crippen LogP contribution in [0, 0.1) is 6.92 Å². The number of ether oxygens (including phenoxy) is 1. The second-order valence-electron chi connectivity index (χ2n) is 4.78. The molecule has 23 heavy (non-hydrogen) atoms. The second kappa shape index (κ2) is 5.90. The molecule has 0 spiro atoms. The van der Waals surface area contributed by atoms with Crippen LogP contribution in [-0.4, -0.2) is 34.9 Å². The quantitative estimate of drug-likeness (QED) is 0.796. The first-order valence-corrected chi connectivity index (χ1v) is 7.50. The monoisotopic (exact) mass is 332 g/mol. The molecule has 1 aliphatic heterocycles. The number of aromatic nitrogens is 1. The van der Waals surface area contributed by atoms with Gasteiger partial charge in [0.1, 0.15) is 9.88 Å². The number of carbonyl (C=O) groups is 3. The Labute approximate surface area is 135 Å². The van der Waals surface area contributed by atoms with Crippen molar-refractivity contribution in [2.45, 2.75) is 13.5 Å². The number of imide groups is 1. The van der Waals surface area contributed by atoms with E-state index < -0.39 is 17.8 Å². The Balaban J connectivity index is 1.82. The summed E-state index contributed by atoms with van der Waals surface area (Å²) >= 11 is 1.10. The van der Waals surface area contributed by atoms with Gasteiger partial charge in [-0.05, 0) is 19.1 Å². The molecule has 2 amide bonds. The second-order valence-corrected chi connectivity index (χ2v) is 5.87. The molecule has 1 aromatic carbocycles. The van der Waals surface area contributed by atoms with Crippen LogP contribution in [0.25, 0.3) is 0 Å². The van der Waals surface area contributed by atoms with E-state index in [1.165, 1.54) is 19.2 Å². The van der Waals surface area contributed by atoms with Crippen LogP contribution in [-0.2, 0) is 16.2 Å². The predicted molar refractivity (Wildman–Crippen MR) is 79.9 cm³/mol. The summed E-state index contributed by atoms with van der Waals surface area (Å²) in [5.74, 6) is -2.10. The first kappa shape index (κ1) is 15.3. The zero-order valence-electron chi connectivity index (χ0n) is 12.4. The third kappa shape index (κ3) is 2.62. The van der Waals surface area contributed by atoms with E-state index in [1.807, 2.05) is 0 Å². The van der Waals surface area contributed by atoms with Crippen LogP contribution in [0.15, 0.2) is 24.3 Å². The van der Waals surface area contributed by atoms with E-state index in [1.54, 1.807) is 19.1 Å². The highest BCUT2D eigenvalue weighted by molar-refractivity contribution is 7.13. The van der Waals surface area contributed by atoms with Crippen molar-refractivity contribution in [2.24, 2.45) is 0 Å². The number of thiazole rings is 1. The van der Waals surface area contributed by atoms with Gasteiger partial charge in [0, 0.05) is 7.11 Å². The summed E-state index contributed by atoms with van der Waals surface area (Å²) in [6, 6.07) is 6.30. The highest BCUT2D eigenvalue weighted by atomic mass is 32.1. The van der Waals surface area contributed by atoms with Gasteiger partial charge < -0.3 is 9.57 Å². The van der Waals surface area contributed by atoms with Crippen LogP contribution in [0.1, 0.15) is 41.1 Å². The van der Waals surface area contributed by atoms with E-state index in [0.717, 1.165) is 11.3 Å². The number of carbonyl (C=O) groups excluding carboxylic acids is 3. The molecular formula is C15H12N2O5S. The SMILES string of the molecule is COCc1nc(C)c(C(=O)ON2C(=O)c3ccccc3C2=O)s1. The van der Waals surface area contributed by atoms with Gasteiger partial charge in [-0.3, -0.25) is 9.59 Å². The fourth-order valence-corrected chi connectivity index (χ4v) is 3.11. The number of hydrogen-bond acceptors (Lipinski definition) is 7. The van der Waals surface area contributed by atoms with Crippen molar-refractivity contribution < 1.29 is 24.0 Å². The Morgan fingerprint density at radius 1 is 1.22 bits per heavy atom. The molecule has 0 saturated carbocycles. The highest BCUT2D eigenvalue weighted by Crippen LogP contribution is 2.25. The Morgan fingerprint density at radius 3 is 2.39 bits per heavy atom. The van der Waals surface area contributed by atoms with Crippen molar-refractivity contribution in [3.05, 3.63) is 51.0 Å². The number of amides is 2. The third-order valence-corrected chi connectivity index (χ3v) is 4.34. The number of hydrogen-bond donors (Lipinski definition) is 0. The largest absolute Gasteiger partial charge is 0.378 e. The van der Waals surface area contributed by atoms with Gasteiger partial charge >= 0.3 is 5.97 Å². The fraction of sp³-hybridized carbons (Fsp3) is 0.200. The Morgan fingerprint density at radius 2 is 1.83 bits per heavy atom. The first-order valence-electron chi connectivity index (χ1n) is 6.68. The topological polar surface area (TPSA) is 85.8 Å². The zero-order valence-corrected chi connectivity index (χ0v) is 13.2. The van der Waals surface area contributed by atoms with Gasteiger partial charge in [-0.2, -0.15) is 0 Å². The van der Waals surface area contributed by atoms with E-state index in [-0.39, 0.29) is 22.6 Å². The van der Waals surface area contributed by atoms with Gasteiger partial charge in [0.05, 0.1) is 23.4 Å². The molecule has 1 aliphatic rings. The van der Waals surface area contributed by atoms with E-state index in [4.69, 9.17) is 9.57 Å². The number of aryl methyl sites for hydroxylation is 1. The average Bonchev–Trinajstić information content (AvgIpc) is 3.02. The van der Waals surface area contributed by atoms with Gasteiger partial charge in [-0.15, -0.1) is 11.3 Å². The van der Waals surface area contributed by atoms with Gasteiger partial charge in [0.25, 0.3) is 11.8 Å². The summed E-state index contributed by atoms with van der Waals surface area (Å²) in [4.78, 5) is 46.0. The molecule has 2 heterocycles. The van der Waals surface area contributed by atoms with Crippen molar-refractivity contribution in [3.8, 4) is 0 Å². The van der Waals surface area contributed by atoms with Crippen LogP contribution in [0.4, 0.5) is 0 Å². The minimum absolute atomic E-state index is 0.214. The van der Waals surface area contributed by atoms with E-state index in [2.05, 4.69) is 4.98 Å². The molecule has 7 nitrogen and oxygen atoms in total. The van der Waals surface area contributed by atoms with E-state index in [9.17, 15) is 14.4 Å². The lowest BCUT2D eigenvalue weighted by Crippen LogP contribution is -2.32. The molecule has 118 valence electrons. The normalized spacial score (nSPS) is 13.4. The molecule has 0 aliphatic carbocycles. The van der Waals surface area contributed by atoms with Crippen LogP contribution in [0.5, 0.6) is 0 Å². The Kier molecular flexibility index (Phi) is 3.93. The average molecular weight is 332 g/mol. The van der Waals surface area contributed by atoms with E-state index in [0.29, 0.717) is 15.8 Å². The molecule has 8 heteroatoms. The Bertz CT molecular complexity index is 779. The fourth-order valence-electron chi connectivity index (χ4n) is 2.20. The van der Waals surface area contributed by atoms with Crippen molar-refractivity contribution in [3.63, 3.8) is 0 Å². The number of fused-ring (bicyclic) bond motifs is 1. The number of methoxy groups -OCH3 is 1. The molecule has 1 aromatic heterocycles. The molecule has 0 N–H and O–H groups in total. The summed E-state index contributed by atoms with van der Waals surface area (Å²) in [5, 5.41) is 1.10. The van der Waals surface area contributed by atoms with Gasteiger partial charge in [-0.25, -0.2) is 9.78 Å². The van der Waals surface area contributed by atoms with Crippen LogP contribution in [0.2, 0.25) is 0 Å².